The number of carbonyl (C=O) groups is 1. The molecule has 0 N–H and O–H groups in total. The molecule has 6 nitrogen and oxygen atoms in total. The summed E-state index contributed by atoms with van der Waals surface area (Å²) < 4.78 is 32.3. The lowest BCUT2D eigenvalue weighted by Crippen LogP contribution is -2.37. The molecule has 2 aromatic carbocycles. The van der Waals surface area contributed by atoms with Crippen molar-refractivity contribution in [2.45, 2.75) is 18.2 Å². The number of carbonyl (C=O) groups excluding carboxylic acids is 1. The van der Waals surface area contributed by atoms with Crippen molar-refractivity contribution in [2.75, 3.05) is 33.3 Å². The molecule has 0 bridgehead atoms. The van der Waals surface area contributed by atoms with Gasteiger partial charge in [0.25, 0.3) is 5.91 Å². The summed E-state index contributed by atoms with van der Waals surface area (Å²) in [5.41, 5.74) is 1.59. The van der Waals surface area contributed by atoms with E-state index in [0.717, 1.165) is 5.56 Å². The van der Waals surface area contributed by atoms with Gasteiger partial charge < -0.3 is 9.64 Å². The topological polar surface area (TPSA) is 66.9 Å². The van der Waals surface area contributed by atoms with E-state index in [0.29, 0.717) is 42.3 Å². The van der Waals surface area contributed by atoms with Crippen molar-refractivity contribution in [1.82, 2.24) is 9.21 Å². The van der Waals surface area contributed by atoms with Crippen LogP contribution in [0.25, 0.3) is 0 Å². The highest BCUT2D eigenvalue weighted by atomic mass is 32.2. The molecule has 0 atom stereocenters. The SMILES string of the molecule is COc1ccc(C(=O)N2CCCN(S(=O)(=O)c3ccc(C)cc3)CC2)cc1. The second kappa shape index (κ2) is 8.10. The number of rotatable bonds is 4. The average Bonchev–Trinajstić information content (AvgIpc) is 2.94. The molecule has 0 spiro atoms. The zero-order chi connectivity index (χ0) is 19.4. The molecule has 144 valence electrons. The van der Waals surface area contributed by atoms with E-state index in [2.05, 4.69) is 0 Å². The molecular formula is C20H24N2O4S. The normalized spacial score (nSPS) is 16.0. The maximum absolute atomic E-state index is 12.9. The predicted octanol–water partition coefficient (Wildman–Crippen LogP) is 2.54. The Hall–Kier alpha value is -2.38. The maximum Gasteiger partial charge on any atom is 0.253 e. The molecule has 0 saturated carbocycles. The fourth-order valence-electron chi connectivity index (χ4n) is 3.11. The van der Waals surface area contributed by atoms with Gasteiger partial charge >= 0.3 is 0 Å². The van der Waals surface area contributed by atoms with Crippen LogP contribution in [-0.2, 0) is 10.0 Å². The van der Waals surface area contributed by atoms with E-state index in [1.54, 1.807) is 60.5 Å². The summed E-state index contributed by atoms with van der Waals surface area (Å²) in [5.74, 6) is 0.602. The number of ether oxygens (including phenoxy) is 1. The van der Waals surface area contributed by atoms with Crippen molar-refractivity contribution in [3.63, 3.8) is 0 Å². The van der Waals surface area contributed by atoms with Crippen LogP contribution in [0.3, 0.4) is 0 Å². The number of methoxy groups -OCH3 is 1. The minimum atomic E-state index is -3.55. The first kappa shape index (κ1) is 19.4. The molecule has 1 saturated heterocycles. The summed E-state index contributed by atoms with van der Waals surface area (Å²) in [6.45, 7) is 3.52. The van der Waals surface area contributed by atoms with Crippen LogP contribution < -0.4 is 4.74 Å². The van der Waals surface area contributed by atoms with E-state index in [9.17, 15) is 13.2 Å². The lowest BCUT2D eigenvalue weighted by molar-refractivity contribution is 0.0764. The highest BCUT2D eigenvalue weighted by Gasteiger charge is 2.28. The number of aryl methyl sites for hydroxylation is 1. The summed E-state index contributed by atoms with van der Waals surface area (Å²) in [6, 6.07) is 13.8. The first-order chi connectivity index (χ1) is 12.9. The van der Waals surface area contributed by atoms with Gasteiger partial charge in [0.1, 0.15) is 5.75 Å². The minimum Gasteiger partial charge on any atom is -0.497 e. The molecule has 1 aliphatic heterocycles. The molecular weight excluding hydrogens is 364 g/mol. The van der Waals surface area contributed by atoms with Gasteiger partial charge in [0.15, 0.2) is 0 Å². The number of hydrogen-bond acceptors (Lipinski definition) is 4. The summed E-state index contributed by atoms with van der Waals surface area (Å²) in [5, 5.41) is 0. The van der Waals surface area contributed by atoms with Crippen molar-refractivity contribution >= 4 is 15.9 Å². The van der Waals surface area contributed by atoms with E-state index in [1.807, 2.05) is 6.92 Å². The van der Waals surface area contributed by atoms with E-state index in [-0.39, 0.29) is 12.5 Å². The van der Waals surface area contributed by atoms with Gasteiger partial charge in [-0.3, -0.25) is 4.79 Å². The lowest BCUT2D eigenvalue weighted by Gasteiger charge is -2.22. The second-order valence-corrected chi connectivity index (χ2v) is 8.53. The number of amides is 1. The van der Waals surface area contributed by atoms with Gasteiger partial charge in [-0.25, -0.2) is 8.42 Å². The quantitative estimate of drug-likeness (QED) is 0.807. The third-order valence-electron chi connectivity index (χ3n) is 4.74. The molecule has 0 radical (unpaired) electrons. The molecule has 2 aromatic rings. The zero-order valence-electron chi connectivity index (χ0n) is 15.6. The first-order valence-electron chi connectivity index (χ1n) is 8.92. The molecule has 7 heteroatoms. The van der Waals surface area contributed by atoms with Crippen LogP contribution in [-0.4, -0.2) is 56.8 Å². The van der Waals surface area contributed by atoms with E-state index in [4.69, 9.17) is 4.74 Å². The lowest BCUT2D eigenvalue weighted by atomic mass is 10.2. The molecule has 0 aliphatic carbocycles. The van der Waals surface area contributed by atoms with Crippen molar-refractivity contribution in [3.05, 3.63) is 59.7 Å². The van der Waals surface area contributed by atoms with Crippen LogP contribution in [0.5, 0.6) is 5.75 Å². The van der Waals surface area contributed by atoms with Gasteiger partial charge in [-0.15, -0.1) is 0 Å². The fraction of sp³-hybridized carbons (Fsp3) is 0.350. The Morgan fingerprint density at radius 3 is 2.22 bits per heavy atom. The van der Waals surface area contributed by atoms with Crippen LogP contribution >= 0.6 is 0 Å². The van der Waals surface area contributed by atoms with Crippen molar-refractivity contribution < 1.29 is 17.9 Å². The van der Waals surface area contributed by atoms with Gasteiger partial charge in [0.05, 0.1) is 12.0 Å². The highest BCUT2D eigenvalue weighted by molar-refractivity contribution is 7.89. The molecule has 27 heavy (non-hydrogen) atoms. The monoisotopic (exact) mass is 388 g/mol. The third kappa shape index (κ3) is 4.31. The molecule has 1 aliphatic rings. The van der Waals surface area contributed by atoms with Crippen LogP contribution in [0.2, 0.25) is 0 Å². The molecule has 1 heterocycles. The summed E-state index contributed by atoms with van der Waals surface area (Å²) in [7, 11) is -1.97. The van der Waals surface area contributed by atoms with Crippen LogP contribution in [0.4, 0.5) is 0 Å². The largest absolute Gasteiger partial charge is 0.497 e. The second-order valence-electron chi connectivity index (χ2n) is 6.59. The summed E-state index contributed by atoms with van der Waals surface area (Å²) in [6.07, 6.45) is 0.604. The van der Waals surface area contributed by atoms with Gasteiger partial charge in [-0.1, -0.05) is 17.7 Å². The summed E-state index contributed by atoms with van der Waals surface area (Å²) in [4.78, 5) is 14.7. The van der Waals surface area contributed by atoms with Gasteiger partial charge in [0, 0.05) is 31.7 Å². The highest BCUT2D eigenvalue weighted by Crippen LogP contribution is 2.19. The Morgan fingerprint density at radius 2 is 1.59 bits per heavy atom. The van der Waals surface area contributed by atoms with Crippen molar-refractivity contribution in [2.24, 2.45) is 0 Å². The first-order valence-corrected chi connectivity index (χ1v) is 10.4. The number of benzene rings is 2. The Bertz CT molecular complexity index is 893. The Balaban J connectivity index is 1.71. The van der Waals surface area contributed by atoms with Crippen LogP contribution in [0.1, 0.15) is 22.3 Å². The standard InChI is InChI=1S/C20H24N2O4S/c1-16-4-10-19(11-5-16)27(24,25)22-13-3-12-21(14-15-22)20(23)17-6-8-18(26-2)9-7-17/h4-11H,3,12-15H2,1-2H3. The number of sulfonamides is 1. The average molecular weight is 388 g/mol. The third-order valence-corrected chi connectivity index (χ3v) is 6.65. The van der Waals surface area contributed by atoms with Gasteiger partial charge in [-0.05, 0) is 49.7 Å². The molecule has 1 fully saturated rings. The maximum atomic E-state index is 12.9. The number of nitrogens with zero attached hydrogens (tertiary/aromatic N) is 2. The van der Waals surface area contributed by atoms with E-state index >= 15 is 0 Å². The molecule has 0 aromatic heterocycles. The van der Waals surface area contributed by atoms with Crippen molar-refractivity contribution in [1.29, 1.82) is 0 Å². The van der Waals surface area contributed by atoms with E-state index in [1.165, 1.54) is 4.31 Å². The summed E-state index contributed by atoms with van der Waals surface area (Å²) >= 11 is 0. The fourth-order valence-corrected chi connectivity index (χ4v) is 4.58. The number of hydrogen-bond donors (Lipinski definition) is 0. The van der Waals surface area contributed by atoms with E-state index < -0.39 is 10.0 Å². The van der Waals surface area contributed by atoms with Gasteiger partial charge in [0.2, 0.25) is 10.0 Å². The predicted molar refractivity (Wildman–Crippen MR) is 103 cm³/mol. The Labute approximate surface area is 160 Å². The smallest absolute Gasteiger partial charge is 0.253 e. The van der Waals surface area contributed by atoms with Crippen molar-refractivity contribution in [3.8, 4) is 5.75 Å². The minimum absolute atomic E-state index is 0.0905. The molecule has 3 rings (SSSR count). The molecule has 0 unspecified atom stereocenters. The zero-order valence-corrected chi connectivity index (χ0v) is 16.4. The van der Waals surface area contributed by atoms with Gasteiger partial charge in [-0.2, -0.15) is 4.31 Å². The Morgan fingerprint density at radius 1 is 0.926 bits per heavy atom. The molecule has 1 amide bonds. The van der Waals surface area contributed by atoms with Crippen LogP contribution in [0, 0.1) is 6.92 Å². The Kier molecular flexibility index (Phi) is 5.82. The van der Waals surface area contributed by atoms with Crippen LogP contribution in [0.15, 0.2) is 53.4 Å².